The smallest absolute Gasteiger partial charge is 0.328 e. The van der Waals surface area contributed by atoms with Crippen LogP contribution >= 0.6 is 0 Å². The summed E-state index contributed by atoms with van der Waals surface area (Å²) in [7, 11) is 2.53. The lowest BCUT2D eigenvalue weighted by Crippen LogP contribution is -2.43. The number of nitro groups is 1. The molecular weight excluding hydrogens is 340 g/mol. The number of benzene rings is 2. The lowest BCUT2D eigenvalue weighted by atomic mass is 10.1. The zero-order valence-electron chi connectivity index (χ0n) is 14.3. The number of ether oxygens (including phenoxy) is 2. The molecule has 0 aromatic heterocycles. The normalized spacial score (nSPS) is 11.3. The van der Waals surface area contributed by atoms with Gasteiger partial charge in [0.05, 0.1) is 19.1 Å². The number of rotatable bonds is 7. The van der Waals surface area contributed by atoms with E-state index in [2.05, 4.69) is 5.32 Å². The topological polar surface area (TPSA) is 108 Å². The van der Waals surface area contributed by atoms with E-state index in [9.17, 15) is 19.7 Å². The third kappa shape index (κ3) is 4.56. The Balaban J connectivity index is 2.22. The standard InChI is InChI=1S/C18H18N2O6/c1-25-16-9-8-13(11-15(16)20(23)24)17(21)19-14(18(22)26-2)10-12-6-4-3-5-7-12/h3-9,11,14H,10H2,1-2H3,(H,19,21)/t14-/m0/s1. The maximum Gasteiger partial charge on any atom is 0.328 e. The SMILES string of the molecule is COC(=O)[C@H](Cc1ccccc1)NC(=O)c1ccc(OC)c([N+](=O)[O-])c1. The molecule has 0 bridgehead atoms. The molecule has 0 unspecified atom stereocenters. The summed E-state index contributed by atoms with van der Waals surface area (Å²) < 4.78 is 9.65. The Morgan fingerprint density at radius 1 is 1.15 bits per heavy atom. The van der Waals surface area contributed by atoms with E-state index in [1.807, 2.05) is 30.3 Å². The summed E-state index contributed by atoms with van der Waals surface area (Å²) in [6.45, 7) is 0. The van der Waals surface area contributed by atoms with Crippen molar-refractivity contribution < 1.29 is 24.0 Å². The monoisotopic (exact) mass is 358 g/mol. The highest BCUT2D eigenvalue weighted by Crippen LogP contribution is 2.27. The van der Waals surface area contributed by atoms with Crippen LogP contribution < -0.4 is 10.1 Å². The first-order valence-corrected chi connectivity index (χ1v) is 7.71. The van der Waals surface area contributed by atoms with Crippen molar-refractivity contribution in [1.29, 1.82) is 0 Å². The first-order chi connectivity index (χ1) is 12.5. The van der Waals surface area contributed by atoms with Crippen LogP contribution in [0, 0.1) is 10.1 Å². The number of hydrogen-bond donors (Lipinski definition) is 1. The van der Waals surface area contributed by atoms with E-state index in [4.69, 9.17) is 9.47 Å². The molecule has 8 nitrogen and oxygen atoms in total. The molecule has 1 amide bonds. The summed E-state index contributed by atoms with van der Waals surface area (Å²) in [6, 6.07) is 12.0. The molecule has 2 aromatic rings. The summed E-state index contributed by atoms with van der Waals surface area (Å²) in [5, 5.41) is 13.7. The number of carbonyl (C=O) groups is 2. The Morgan fingerprint density at radius 2 is 1.85 bits per heavy atom. The van der Waals surface area contributed by atoms with Crippen LogP contribution in [0.4, 0.5) is 5.69 Å². The molecule has 0 heterocycles. The lowest BCUT2D eigenvalue weighted by molar-refractivity contribution is -0.385. The fourth-order valence-corrected chi connectivity index (χ4v) is 2.40. The van der Waals surface area contributed by atoms with Crippen LogP contribution in [0.5, 0.6) is 5.75 Å². The average Bonchev–Trinajstić information content (AvgIpc) is 2.66. The number of nitrogens with one attached hydrogen (secondary N) is 1. The maximum absolute atomic E-state index is 12.5. The lowest BCUT2D eigenvalue weighted by Gasteiger charge is -2.17. The molecule has 0 aliphatic carbocycles. The molecule has 0 spiro atoms. The molecule has 0 aliphatic rings. The van der Waals surface area contributed by atoms with Crippen molar-refractivity contribution >= 4 is 17.6 Å². The average molecular weight is 358 g/mol. The largest absolute Gasteiger partial charge is 0.490 e. The third-order valence-electron chi connectivity index (χ3n) is 3.71. The van der Waals surface area contributed by atoms with E-state index in [1.54, 1.807) is 0 Å². The van der Waals surface area contributed by atoms with Crippen molar-refractivity contribution in [3.8, 4) is 5.75 Å². The summed E-state index contributed by atoms with van der Waals surface area (Å²) in [5.74, 6) is -1.19. The molecule has 1 N–H and O–H groups in total. The van der Waals surface area contributed by atoms with E-state index >= 15 is 0 Å². The van der Waals surface area contributed by atoms with Gasteiger partial charge in [-0.2, -0.15) is 0 Å². The van der Waals surface area contributed by atoms with Crippen molar-refractivity contribution in [2.24, 2.45) is 0 Å². The van der Waals surface area contributed by atoms with Gasteiger partial charge >= 0.3 is 11.7 Å². The van der Waals surface area contributed by atoms with Gasteiger partial charge in [-0.05, 0) is 17.7 Å². The zero-order chi connectivity index (χ0) is 19.1. The van der Waals surface area contributed by atoms with Gasteiger partial charge in [-0.15, -0.1) is 0 Å². The molecule has 0 saturated heterocycles. The van der Waals surface area contributed by atoms with Crippen LogP contribution in [0.1, 0.15) is 15.9 Å². The fourth-order valence-electron chi connectivity index (χ4n) is 2.40. The van der Waals surface area contributed by atoms with Crippen LogP contribution in [0.15, 0.2) is 48.5 Å². The van der Waals surface area contributed by atoms with Gasteiger partial charge in [0.1, 0.15) is 6.04 Å². The van der Waals surface area contributed by atoms with Crippen molar-refractivity contribution in [3.63, 3.8) is 0 Å². The van der Waals surface area contributed by atoms with Crippen LogP contribution in [0.25, 0.3) is 0 Å². The van der Waals surface area contributed by atoms with Gasteiger partial charge in [-0.25, -0.2) is 4.79 Å². The minimum absolute atomic E-state index is 0.0412. The maximum atomic E-state index is 12.5. The molecule has 136 valence electrons. The van der Waals surface area contributed by atoms with Gasteiger partial charge in [0.15, 0.2) is 5.75 Å². The Bertz CT molecular complexity index is 807. The number of carbonyl (C=O) groups excluding carboxylic acids is 2. The number of amides is 1. The highest BCUT2D eigenvalue weighted by atomic mass is 16.6. The van der Waals surface area contributed by atoms with Crippen molar-refractivity contribution in [2.45, 2.75) is 12.5 Å². The van der Waals surface area contributed by atoms with Gasteiger partial charge in [0, 0.05) is 18.1 Å². The van der Waals surface area contributed by atoms with Crippen molar-refractivity contribution in [1.82, 2.24) is 5.32 Å². The van der Waals surface area contributed by atoms with Crippen LogP contribution in [-0.4, -0.2) is 37.1 Å². The van der Waals surface area contributed by atoms with E-state index < -0.39 is 22.8 Å². The number of methoxy groups -OCH3 is 2. The van der Waals surface area contributed by atoms with Gasteiger partial charge in [-0.3, -0.25) is 14.9 Å². The van der Waals surface area contributed by atoms with Crippen molar-refractivity contribution in [2.75, 3.05) is 14.2 Å². The molecule has 0 fully saturated rings. The molecule has 0 radical (unpaired) electrons. The van der Waals surface area contributed by atoms with E-state index in [-0.39, 0.29) is 23.4 Å². The Hall–Kier alpha value is -3.42. The van der Waals surface area contributed by atoms with Gasteiger partial charge in [-0.1, -0.05) is 30.3 Å². The Kier molecular flexibility index (Phi) is 6.26. The Labute approximate surface area is 149 Å². The van der Waals surface area contributed by atoms with E-state index in [0.717, 1.165) is 11.6 Å². The van der Waals surface area contributed by atoms with Gasteiger partial charge in [0.2, 0.25) is 0 Å². The molecular formula is C18H18N2O6. The van der Waals surface area contributed by atoms with Gasteiger partial charge < -0.3 is 14.8 Å². The summed E-state index contributed by atoms with van der Waals surface area (Å²) >= 11 is 0. The highest BCUT2D eigenvalue weighted by molar-refractivity contribution is 5.97. The molecule has 8 heteroatoms. The number of hydrogen-bond acceptors (Lipinski definition) is 6. The molecule has 2 rings (SSSR count). The van der Waals surface area contributed by atoms with E-state index in [1.165, 1.54) is 26.4 Å². The fraction of sp³-hybridized carbons (Fsp3) is 0.222. The molecule has 1 atom stereocenters. The molecule has 2 aromatic carbocycles. The predicted molar refractivity (Wildman–Crippen MR) is 93.1 cm³/mol. The second-order valence-corrected chi connectivity index (χ2v) is 5.38. The highest BCUT2D eigenvalue weighted by Gasteiger charge is 2.24. The molecule has 0 saturated carbocycles. The number of nitro benzene ring substituents is 1. The first-order valence-electron chi connectivity index (χ1n) is 7.71. The minimum Gasteiger partial charge on any atom is -0.490 e. The quantitative estimate of drug-likeness (QED) is 0.461. The zero-order valence-corrected chi connectivity index (χ0v) is 14.3. The first kappa shape index (κ1) is 18.9. The number of nitrogens with zero attached hydrogens (tertiary/aromatic N) is 1. The van der Waals surface area contributed by atoms with Crippen LogP contribution in [-0.2, 0) is 16.0 Å². The minimum atomic E-state index is -0.920. The van der Waals surface area contributed by atoms with Crippen LogP contribution in [0.2, 0.25) is 0 Å². The second-order valence-electron chi connectivity index (χ2n) is 5.38. The summed E-state index contributed by atoms with van der Waals surface area (Å²) in [6.07, 6.45) is 0.234. The van der Waals surface area contributed by atoms with Crippen molar-refractivity contribution in [3.05, 3.63) is 69.8 Å². The Morgan fingerprint density at radius 3 is 2.42 bits per heavy atom. The van der Waals surface area contributed by atoms with Crippen LogP contribution in [0.3, 0.4) is 0 Å². The summed E-state index contributed by atoms with van der Waals surface area (Å²) in [5.41, 5.74) is 0.543. The summed E-state index contributed by atoms with van der Waals surface area (Å²) in [4.78, 5) is 34.9. The van der Waals surface area contributed by atoms with E-state index in [0.29, 0.717) is 0 Å². The second kappa shape index (κ2) is 8.61. The third-order valence-corrected chi connectivity index (χ3v) is 3.71. The van der Waals surface area contributed by atoms with Gasteiger partial charge in [0.25, 0.3) is 5.91 Å². The molecule has 26 heavy (non-hydrogen) atoms. The molecule has 0 aliphatic heterocycles. The number of esters is 1. The predicted octanol–water partition coefficient (Wildman–Crippen LogP) is 2.12.